The maximum atomic E-state index is 5.18. The number of hydrogen-bond acceptors (Lipinski definition) is 3. The van der Waals surface area contributed by atoms with E-state index in [-0.39, 0.29) is 5.48 Å². The summed E-state index contributed by atoms with van der Waals surface area (Å²) in [5.74, 6) is 0. The molecule has 0 saturated heterocycles. The lowest BCUT2D eigenvalue weighted by Gasteiger charge is -2.10. The second-order valence-electron chi connectivity index (χ2n) is 1.55. The van der Waals surface area contributed by atoms with Crippen molar-refractivity contribution in [1.82, 2.24) is 0 Å². The fourth-order valence-electron chi connectivity index (χ4n) is 0.479. The van der Waals surface area contributed by atoms with Gasteiger partial charge in [-0.15, -0.1) is 0 Å². The van der Waals surface area contributed by atoms with Crippen molar-refractivity contribution in [2.45, 2.75) is 20.8 Å². The Kier molecular flexibility index (Phi) is 12.5. The van der Waals surface area contributed by atoms with Gasteiger partial charge >= 0.3 is 9.53 Å². The van der Waals surface area contributed by atoms with Gasteiger partial charge in [0, 0.05) is 19.8 Å². The van der Waals surface area contributed by atoms with Gasteiger partial charge < -0.3 is 18.8 Å². The van der Waals surface area contributed by atoms with Crippen LogP contribution in [-0.2, 0) is 13.3 Å². The zero-order valence-corrected chi connectivity index (χ0v) is 8.35. The van der Waals surface area contributed by atoms with Gasteiger partial charge in [-0.3, -0.25) is 0 Å². The molecule has 1 radical (unpaired) electrons. The molecule has 0 aliphatic rings. The van der Waals surface area contributed by atoms with Crippen molar-refractivity contribution in [3.8, 4) is 0 Å². The number of hydrogen-bond donors (Lipinski definition) is 0. The van der Waals surface area contributed by atoms with E-state index < -0.39 is 9.53 Å². The van der Waals surface area contributed by atoms with Crippen LogP contribution in [0, 0.1) is 0 Å². The molecule has 0 heterocycles. The molecule has 0 amide bonds. The summed E-state index contributed by atoms with van der Waals surface area (Å²) in [5.41, 5.74) is 0. The minimum atomic E-state index is -1.40. The minimum absolute atomic E-state index is 0. The van der Waals surface area contributed by atoms with Gasteiger partial charge in [-0.25, -0.2) is 0 Å². The molecule has 0 fully saturated rings. The number of rotatable bonds is 6. The highest BCUT2D eigenvalue weighted by Gasteiger charge is 2.15. The van der Waals surface area contributed by atoms with Crippen molar-refractivity contribution in [3.63, 3.8) is 0 Å². The van der Waals surface area contributed by atoms with Crippen molar-refractivity contribution in [2.24, 2.45) is 0 Å². The van der Waals surface area contributed by atoms with Crippen molar-refractivity contribution in [3.05, 3.63) is 0 Å². The standard InChI is InChI=1S/C6H15O3Si.H2O/c1-4-7-10(8-5-2)9-6-3;/h4-6H2,1-3H3;1H2. The molecule has 0 spiro atoms. The predicted octanol–water partition coefficient (Wildman–Crippen LogP) is 0.256. The Hall–Kier alpha value is 0.0569. The van der Waals surface area contributed by atoms with Gasteiger partial charge in [0.25, 0.3) is 0 Å². The van der Waals surface area contributed by atoms with Crippen molar-refractivity contribution < 1.29 is 18.8 Å². The second kappa shape index (κ2) is 10.1. The Morgan fingerprint density at radius 1 is 0.818 bits per heavy atom. The zero-order valence-electron chi connectivity index (χ0n) is 7.35. The van der Waals surface area contributed by atoms with Crippen molar-refractivity contribution in [1.29, 1.82) is 0 Å². The van der Waals surface area contributed by atoms with Crippen LogP contribution in [0.4, 0.5) is 0 Å². The molecule has 11 heavy (non-hydrogen) atoms. The molecule has 69 valence electrons. The molecule has 0 aromatic heterocycles. The summed E-state index contributed by atoms with van der Waals surface area (Å²) in [7, 11) is -1.40. The summed E-state index contributed by atoms with van der Waals surface area (Å²) in [6, 6.07) is 0. The smallest absolute Gasteiger partial charge is 0.412 e. The first-order valence-corrected chi connectivity index (χ1v) is 4.82. The van der Waals surface area contributed by atoms with Crippen LogP contribution in [0.15, 0.2) is 0 Å². The molecule has 2 N–H and O–H groups in total. The lowest BCUT2D eigenvalue weighted by molar-refractivity contribution is 0.107. The third kappa shape index (κ3) is 7.96. The molecule has 5 heteroatoms. The summed E-state index contributed by atoms with van der Waals surface area (Å²) in [6.07, 6.45) is 0. The third-order valence-corrected chi connectivity index (χ3v) is 2.36. The molecule has 0 unspecified atom stereocenters. The molecule has 0 bridgehead atoms. The Labute approximate surface area is 69.7 Å². The van der Waals surface area contributed by atoms with Crippen LogP contribution in [0.3, 0.4) is 0 Å². The third-order valence-electron chi connectivity index (χ3n) is 0.787. The fraction of sp³-hybridized carbons (Fsp3) is 1.00. The first-order valence-electron chi connectivity index (χ1n) is 3.60. The van der Waals surface area contributed by atoms with Crippen LogP contribution in [0.5, 0.6) is 0 Å². The molecule has 0 aromatic rings. The fourth-order valence-corrected chi connectivity index (χ4v) is 1.44. The van der Waals surface area contributed by atoms with E-state index in [1.807, 2.05) is 20.8 Å². The van der Waals surface area contributed by atoms with Gasteiger partial charge in [-0.1, -0.05) is 0 Å². The van der Waals surface area contributed by atoms with Gasteiger partial charge in [-0.2, -0.15) is 0 Å². The van der Waals surface area contributed by atoms with E-state index in [2.05, 4.69) is 0 Å². The van der Waals surface area contributed by atoms with Gasteiger partial charge in [0.15, 0.2) is 0 Å². The SMILES string of the molecule is CCO[Si](OCC)OCC.O. The van der Waals surface area contributed by atoms with Crippen LogP contribution >= 0.6 is 0 Å². The van der Waals surface area contributed by atoms with E-state index in [0.717, 1.165) is 0 Å². The summed E-state index contributed by atoms with van der Waals surface area (Å²) in [6.45, 7) is 7.78. The van der Waals surface area contributed by atoms with E-state index in [1.165, 1.54) is 0 Å². The molecular formula is C6H17O4Si. The van der Waals surface area contributed by atoms with Gasteiger partial charge in [0.1, 0.15) is 0 Å². The Bertz CT molecular complexity index is 57.3. The van der Waals surface area contributed by atoms with Crippen molar-refractivity contribution >= 4 is 9.53 Å². The molecule has 4 nitrogen and oxygen atoms in total. The second-order valence-corrected chi connectivity index (χ2v) is 2.92. The summed E-state index contributed by atoms with van der Waals surface area (Å²) in [4.78, 5) is 0. The molecule has 0 aliphatic carbocycles. The highest BCUT2D eigenvalue weighted by molar-refractivity contribution is 6.36. The Morgan fingerprint density at radius 3 is 1.27 bits per heavy atom. The van der Waals surface area contributed by atoms with Crippen molar-refractivity contribution in [2.75, 3.05) is 19.8 Å². The van der Waals surface area contributed by atoms with E-state index in [4.69, 9.17) is 13.3 Å². The Morgan fingerprint density at radius 2 is 1.09 bits per heavy atom. The average molecular weight is 181 g/mol. The predicted molar refractivity (Wildman–Crippen MR) is 44.2 cm³/mol. The maximum Gasteiger partial charge on any atom is 0.577 e. The molecule has 0 rings (SSSR count). The van der Waals surface area contributed by atoms with Gasteiger partial charge in [0.05, 0.1) is 0 Å². The molecular weight excluding hydrogens is 164 g/mol. The molecule has 0 aromatic carbocycles. The van der Waals surface area contributed by atoms with Crippen LogP contribution in [0.2, 0.25) is 0 Å². The van der Waals surface area contributed by atoms with E-state index in [9.17, 15) is 0 Å². The first-order chi connectivity index (χ1) is 4.85. The highest BCUT2D eigenvalue weighted by atomic mass is 28.3. The van der Waals surface area contributed by atoms with E-state index >= 15 is 0 Å². The molecule has 0 saturated carbocycles. The van der Waals surface area contributed by atoms with Crippen LogP contribution in [-0.4, -0.2) is 34.8 Å². The van der Waals surface area contributed by atoms with E-state index in [0.29, 0.717) is 19.8 Å². The normalized spacial score (nSPS) is 9.82. The zero-order chi connectivity index (χ0) is 7.82. The largest absolute Gasteiger partial charge is 0.577 e. The summed E-state index contributed by atoms with van der Waals surface area (Å²) in [5, 5.41) is 0. The lowest BCUT2D eigenvalue weighted by atomic mass is 10.9. The lowest BCUT2D eigenvalue weighted by Crippen LogP contribution is -2.27. The topological polar surface area (TPSA) is 59.2 Å². The molecule has 0 atom stereocenters. The van der Waals surface area contributed by atoms with Crippen LogP contribution in [0.1, 0.15) is 20.8 Å². The average Bonchev–Trinajstić information content (AvgIpc) is 1.90. The molecule has 0 aliphatic heterocycles. The highest BCUT2D eigenvalue weighted by Crippen LogP contribution is 1.90. The summed E-state index contributed by atoms with van der Waals surface area (Å²) < 4.78 is 15.5. The minimum Gasteiger partial charge on any atom is -0.412 e. The van der Waals surface area contributed by atoms with Gasteiger partial charge in [-0.05, 0) is 20.8 Å². The quantitative estimate of drug-likeness (QED) is 0.552. The Balaban J connectivity index is 0. The van der Waals surface area contributed by atoms with Gasteiger partial charge in [0.2, 0.25) is 0 Å². The van der Waals surface area contributed by atoms with Crippen LogP contribution in [0.25, 0.3) is 0 Å². The summed E-state index contributed by atoms with van der Waals surface area (Å²) >= 11 is 0. The first kappa shape index (κ1) is 13.6. The van der Waals surface area contributed by atoms with E-state index in [1.54, 1.807) is 0 Å². The van der Waals surface area contributed by atoms with Crippen LogP contribution < -0.4 is 0 Å². The monoisotopic (exact) mass is 181 g/mol. The maximum absolute atomic E-state index is 5.18.